The topological polar surface area (TPSA) is 63.5 Å². The highest BCUT2D eigenvalue weighted by Crippen LogP contribution is 2.30. The smallest absolute Gasteiger partial charge is 0.275 e. The van der Waals surface area contributed by atoms with E-state index < -0.39 is 10.7 Å². The van der Waals surface area contributed by atoms with E-state index in [0.29, 0.717) is 13.0 Å². The Hall–Kier alpha value is -1.98. The highest BCUT2D eigenvalue weighted by Gasteiger charge is 2.25. The molecular weight excluding hydrogens is 239 g/mol. The number of benzene rings is 1. The van der Waals surface area contributed by atoms with Crippen LogP contribution in [0.3, 0.4) is 0 Å². The minimum absolute atomic E-state index is 0.0316. The number of hydrogen-bond donors (Lipinski definition) is 0. The first-order valence-corrected chi connectivity index (χ1v) is 5.76. The Bertz CT molecular complexity index is 516. The number of hydrogen-bond acceptors (Lipinski definition) is 3. The molecule has 6 heteroatoms. The summed E-state index contributed by atoms with van der Waals surface area (Å²) in [5.41, 5.74) is -0.153. The van der Waals surface area contributed by atoms with Gasteiger partial charge in [-0.25, -0.2) is 4.39 Å². The van der Waals surface area contributed by atoms with Gasteiger partial charge >= 0.3 is 0 Å². The van der Waals surface area contributed by atoms with Crippen molar-refractivity contribution in [1.82, 2.24) is 0 Å². The Morgan fingerprint density at radius 1 is 1.39 bits per heavy atom. The lowest BCUT2D eigenvalue weighted by Crippen LogP contribution is -2.35. The van der Waals surface area contributed by atoms with Crippen molar-refractivity contribution in [3.05, 3.63) is 33.6 Å². The molecule has 5 nitrogen and oxygen atoms in total. The first-order chi connectivity index (χ1) is 8.52. The van der Waals surface area contributed by atoms with Crippen LogP contribution in [0, 0.1) is 22.9 Å². The summed E-state index contributed by atoms with van der Waals surface area (Å²) >= 11 is 0. The van der Waals surface area contributed by atoms with Crippen LogP contribution in [0.5, 0.6) is 0 Å². The number of nitro groups is 1. The molecule has 0 bridgehead atoms. The molecule has 96 valence electrons. The molecule has 1 aliphatic rings. The van der Waals surface area contributed by atoms with Gasteiger partial charge < -0.3 is 4.90 Å². The van der Waals surface area contributed by atoms with Crippen LogP contribution in [0.25, 0.3) is 0 Å². The van der Waals surface area contributed by atoms with E-state index in [9.17, 15) is 19.3 Å². The fraction of sp³-hybridized carbons (Fsp3) is 0.417. The van der Waals surface area contributed by atoms with E-state index in [1.165, 1.54) is 24.0 Å². The first-order valence-electron chi connectivity index (χ1n) is 5.76. The zero-order valence-corrected chi connectivity index (χ0v) is 9.98. The van der Waals surface area contributed by atoms with Crippen molar-refractivity contribution in [2.75, 3.05) is 11.4 Å². The van der Waals surface area contributed by atoms with Crippen LogP contribution in [0.4, 0.5) is 15.8 Å². The molecule has 2 rings (SSSR count). The third kappa shape index (κ3) is 2.05. The molecule has 0 spiro atoms. The fourth-order valence-corrected chi connectivity index (χ4v) is 2.13. The summed E-state index contributed by atoms with van der Waals surface area (Å²) in [4.78, 5) is 23.1. The third-order valence-corrected chi connectivity index (χ3v) is 3.15. The summed E-state index contributed by atoms with van der Waals surface area (Å²) in [6.45, 7) is 1.82. The maximum Gasteiger partial charge on any atom is 0.275 e. The normalized spacial score (nSPS) is 15.9. The highest BCUT2D eigenvalue weighted by molar-refractivity contribution is 5.94. The van der Waals surface area contributed by atoms with Crippen LogP contribution in [0.2, 0.25) is 0 Å². The Morgan fingerprint density at radius 3 is 2.72 bits per heavy atom. The first kappa shape index (κ1) is 12.5. The van der Waals surface area contributed by atoms with E-state index in [4.69, 9.17) is 0 Å². The van der Waals surface area contributed by atoms with Crippen LogP contribution < -0.4 is 4.90 Å². The molecule has 0 radical (unpaired) electrons. The van der Waals surface area contributed by atoms with E-state index in [2.05, 4.69) is 0 Å². The Kier molecular flexibility index (Phi) is 3.27. The van der Waals surface area contributed by atoms with Crippen LogP contribution in [-0.4, -0.2) is 17.4 Å². The minimum atomic E-state index is -0.681. The number of carbonyl (C=O) groups is 1. The maximum absolute atomic E-state index is 14.1. The van der Waals surface area contributed by atoms with Crippen molar-refractivity contribution in [3.8, 4) is 0 Å². The third-order valence-electron chi connectivity index (χ3n) is 3.15. The van der Waals surface area contributed by atoms with Crippen molar-refractivity contribution in [2.45, 2.75) is 26.2 Å². The van der Waals surface area contributed by atoms with E-state index in [-0.39, 0.29) is 22.8 Å². The van der Waals surface area contributed by atoms with Crippen LogP contribution >= 0.6 is 0 Å². The molecule has 0 N–H and O–H groups in total. The largest absolute Gasteiger partial charge is 0.310 e. The number of carbonyl (C=O) groups excluding carboxylic acids is 1. The molecule has 1 aromatic rings. The average molecular weight is 252 g/mol. The molecule has 1 aliphatic heterocycles. The monoisotopic (exact) mass is 252 g/mol. The number of amides is 1. The van der Waals surface area contributed by atoms with E-state index in [1.54, 1.807) is 0 Å². The summed E-state index contributed by atoms with van der Waals surface area (Å²) in [5.74, 6) is -0.812. The number of anilines is 1. The molecule has 1 heterocycles. The lowest BCUT2D eigenvalue weighted by molar-refractivity contribution is -0.385. The second kappa shape index (κ2) is 4.72. The Balaban J connectivity index is 2.43. The van der Waals surface area contributed by atoms with Gasteiger partial charge in [0, 0.05) is 19.0 Å². The molecule has 18 heavy (non-hydrogen) atoms. The molecular formula is C12H13FN2O3. The van der Waals surface area contributed by atoms with E-state index in [0.717, 1.165) is 12.8 Å². The van der Waals surface area contributed by atoms with Crippen molar-refractivity contribution in [2.24, 2.45) is 0 Å². The molecule has 0 aromatic heterocycles. The van der Waals surface area contributed by atoms with Crippen LogP contribution in [0.1, 0.15) is 24.8 Å². The van der Waals surface area contributed by atoms with Crippen LogP contribution in [-0.2, 0) is 4.79 Å². The maximum atomic E-state index is 14.1. The van der Waals surface area contributed by atoms with Gasteiger partial charge in [-0.2, -0.15) is 0 Å². The van der Waals surface area contributed by atoms with Gasteiger partial charge in [-0.05, 0) is 25.8 Å². The summed E-state index contributed by atoms with van der Waals surface area (Å²) in [5, 5.41) is 10.7. The standard InChI is InChI=1S/C12H13FN2O3/c1-8-9(15(17)18)5-6-10(12(8)13)14-7-3-2-4-11(14)16/h5-6H,2-4,7H2,1H3. The second-order valence-corrected chi connectivity index (χ2v) is 4.30. The molecule has 1 fully saturated rings. The van der Waals surface area contributed by atoms with Crippen molar-refractivity contribution in [1.29, 1.82) is 0 Å². The number of piperidine rings is 1. The lowest BCUT2D eigenvalue weighted by atomic mass is 10.1. The second-order valence-electron chi connectivity index (χ2n) is 4.30. The number of halogens is 1. The summed E-state index contributed by atoms with van der Waals surface area (Å²) in [6.07, 6.45) is 2.03. The average Bonchev–Trinajstić information content (AvgIpc) is 2.33. The number of nitrogens with zero attached hydrogens (tertiary/aromatic N) is 2. The molecule has 1 amide bonds. The highest BCUT2D eigenvalue weighted by atomic mass is 19.1. The lowest BCUT2D eigenvalue weighted by Gasteiger charge is -2.27. The van der Waals surface area contributed by atoms with E-state index in [1.807, 2.05) is 0 Å². The van der Waals surface area contributed by atoms with Gasteiger partial charge in [0.25, 0.3) is 5.69 Å². The van der Waals surface area contributed by atoms with Gasteiger partial charge in [-0.1, -0.05) is 0 Å². The summed E-state index contributed by atoms with van der Waals surface area (Å²) < 4.78 is 14.1. The van der Waals surface area contributed by atoms with Gasteiger partial charge in [0.1, 0.15) is 0 Å². The van der Waals surface area contributed by atoms with Gasteiger partial charge in [-0.3, -0.25) is 14.9 Å². The van der Waals surface area contributed by atoms with Crippen molar-refractivity contribution in [3.63, 3.8) is 0 Å². The number of nitro benzene ring substituents is 1. The zero-order valence-electron chi connectivity index (χ0n) is 9.98. The molecule has 0 atom stereocenters. The molecule has 0 aliphatic carbocycles. The molecule has 0 saturated carbocycles. The molecule has 1 saturated heterocycles. The van der Waals surface area contributed by atoms with Crippen LogP contribution in [0.15, 0.2) is 12.1 Å². The van der Waals surface area contributed by atoms with Crippen molar-refractivity contribution >= 4 is 17.3 Å². The summed E-state index contributed by atoms with van der Waals surface area (Å²) in [7, 11) is 0. The van der Waals surface area contributed by atoms with Gasteiger partial charge in [0.15, 0.2) is 5.82 Å². The van der Waals surface area contributed by atoms with E-state index >= 15 is 0 Å². The van der Waals surface area contributed by atoms with Crippen molar-refractivity contribution < 1.29 is 14.1 Å². The Morgan fingerprint density at radius 2 is 2.11 bits per heavy atom. The SMILES string of the molecule is Cc1c([N+](=O)[O-])ccc(N2CCCCC2=O)c1F. The molecule has 0 unspecified atom stereocenters. The summed E-state index contributed by atoms with van der Waals surface area (Å²) in [6, 6.07) is 2.55. The number of rotatable bonds is 2. The Labute approximate surface area is 103 Å². The molecule has 1 aromatic carbocycles. The predicted molar refractivity (Wildman–Crippen MR) is 64.0 cm³/mol. The van der Waals surface area contributed by atoms with Gasteiger partial charge in [0.2, 0.25) is 5.91 Å². The zero-order chi connectivity index (χ0) is 13.3. The fourth-order valence-electron chi connectivity index (χ4n) is 2.13. The van der Waals surface area contributed by atoms with Gasteiger partial charge in [0.05, 0.1) is 16.2 Å². The van der Waals surface area contributed by atoms with Gasteiger partial charge in [-0.15, -0.1) is 0 Å². The minimum Gasteiger partial charge on any atom is -0.310 e. The quantitative estimate of drug-likeness (QED) is 0.600. The predicted octanol–water partition coefficient (Wildman–Crippen LogP) is 2.56.